The predicted molar refractivity (Wildman–Crippen MR) is 131 cm³/mol. The summed E-state index contributed by atoms with van der Waals surface area (Å²) in [5.41, 5.74) is 8.33. The SMILES string of the molecule is CC(C)c1ccc2nc(C[C@H](CC(=O)C3CC3)C(=O)N[C@H](CN)C3CCCCC3)sc2c1. The van der Waals surface area contributed by atoms with Crippen LogP contribution in [0.2, 0.25) is 0 Å². The smallest absolute Gasteiger partial charge is 0.224 e. The molecule has 5 nitrogen and oxygen atoms in total. The Labute approximate surface area is 195 Å². The fraction of sp³-hybridized carbons (Fsp3) is 0.654. The summed E-state index contributed by atoms with van der Waals surface area (Å²) in [5.74, 6) is 0.920. The number of aromatic nitrogens is 1. The van der Waals surface area contributed by atoms with Crippen molar-refractivity contribution in [3.05, 3.63) is 28.8 Å². The number of Topliss-reactive ketones (excluding diaryl/α,β-unsaturated/α-hetero) is 1. The molecule has 6 heteroatoms. The minimum atomic E-state index is -0.370. The number of nitrogens with two attached hydrogens (primary N) is 1. The molecule has 4 rings (SSSR count). The second-order valence-electron chi connectivity index (χ2n) is 10.1. The maximum absolute atomic E-state index is 13.4. The molecule has 1 aromatic heterocycles. The van der Waals surface area contributed by atoms with Crippen LogP contribution in [0.4, 0.5) is 0 Å². The summed E-state index contributed by atoms with van der Waals surface area (Å²) < 4.78 is 1.15. The van der Waals surface area contributed by atoms with Gasteiger partial charge < -0.3 is 11.1 Å². The van der Waals surface area contributed by atoms with E-state index < -0.39 is 0 Å². The number of hydrogen-bond acceptors (Lipinski definition) is 5. The molecule has 0 unspecified atom stereocenters. The third-order valence-electron chi connectivity index (χ3n) is 7.20. The topological polar surface area (TPSA) is 85.1 Å². The Hall–Kier alpha value is -1.79. The molecule has 0 aliphatic heterocycles. The van der Waals surface area contributed by atoms with Gasteiger partial charge in [-0.05, 0) is 55.2 Å². The first kappa shape index (κ1) is 23.4. The van der Waals surface area contributed by atoms with Crippen LogP contribution in [0.25, 0.3) is 10.2 Å². The molecular weight excluding hydrogens is 418 g/mol. The number of fused-ring (bicyclic) bond motifs is 1. The van der Waals surface area contributed by atoms with Crippen molar-refractivity contribution in [3.8, 4) is 0 Å². The number of benzene rings is 1. The average molecular weight is 456 g/mol. The van der Waals surface area contributed by atoms with Gasteiger partial charge in [0.1, 0.15) is 5.78 Å². The second kappa shape index (κ2) is 10.4. The van der Waals surface area contributed by atoms with Gasteiger partial charge in [0.15, 0.2) is 0 Å². The van der Waals surface area contributed by atoms with Crippen LogP contribution in [0.15, 0.2) is 18.2 Å². The predicted octanol–water partition coefficient (Wildman–Crippen LogP) is 4.97. The fourth-order valence-electron chi connectivity index (χ4n) is 4.92. The van der Waals surface area contributed by atoms with Crippen molar-refractivity contribution >= 4 is 33.2 Å². The summed E-state index contributed by atoms with van der Waals surface area (Å²) in [4.78, 5) is 30.8. The Kier molecular flexibility index (Phi) is 7.62. The first-order valence-corrected chi connectivity index (χ1v) is 13.2. The summed E-state index contributed by atoms with van der Waals surface area (Å²) >= 11 is 1.65. The molecule has 0 radical (unpaired) electrons. The fourth-order valence-corrected chi connectivity index (χ4v) is 6.02. The van der Waals surface area contributed by atoms with Crippen LogP contribution >= 0.6 is 11.3 Å². The van der Waals surface area contributed by atoms with Crippen LogP contribution in [-0.2, 0) is 16.0 Å². The van der Waals surface area contributed by atoms with Crippen LogP contribution in [0, 0.1) is 17.8 Å². The molecule has 1 amide bonds. The lowest BCUT2D eigenvalue weighted by molar-refractivity contribution is -0.130. The quantitative estimate of drug-likeness (QED) is 0.530. The summed E-state index contributed by atoms with van der Waals surface area (Å²) in [6.45, 7) is 4.83. The minimum absolute atomic E-state index is 0.00490. The lowest BCUT2D eigenvalue weighted by atomic mass is 9.83. The highest BCUT2D eigenvalue weighted by Gasteiger charge is 2.34. The molecule has 174 valence electrons. The lowest BCUT2D eigenvalue weighted by Gasteiger charge is -2.31. The zero-order valence-electron chi connectivity index (χ0n) is 19.4. The molecule has 3 N–H and O–H groups in total. The van der Waals surface area contributed by atoms with Gasteiger partial charge in [-0.1, -0.05) is 39.2 Å². The van der Waals surface area contributed by atoms with Crippen LogP contribution < -0.4 is 11.1 Å². The Morgan fingerprint density at radius 2 is 1.91 bits per heavy atom. The Bertz CT molecular complexity index is 944. The lowest BCUT2D eigenvalue weighted by Crippen LogP contribution is -2.48. The minimum Gasteiger partial charge on any atom is -0.352 e. The molecule has 1 aromatic carbocycles. The third kappa shape index (κ3) is 5.76. The van der Waals surface area contributed by atoms with Crippen molar-refractivity contribution < 1.29 is 9.59 Å². The number of hydrogen-bond donors (Lipinski definition) is 2. The standard InChI is InChI=1S/C26H37N3O2S/c1-16(2)19-10-11-21-24(13-19)32-25(28-21)14-20(12-23(30)18-8-9-18)26(31)29-22(15-27)17-6-4-3-5-7-17/h10-11,13,16-18,20,22H,3-9,12,14-15,27H2,1-2H3,(H,29,31)/t20-,22+/m0/s1. The van der Waals surface area contributed by atoms with Crippen molar-refractivity contribution in [2.75, 3.05) is 6.54 Å². The van der Waals surface area contributed by atoms with Crippen LogP contribution in [0.5, 0.6) is 0 Å². The zero-order chi connectivity index (χ0) is 22.7. The molecule has 32 heavy (non-hydrogen) atoms. The first-order chi connectivity index (χ1) is 15.4. The van der Waals surface area contributed by atoms with Crippen molar-refractivity contribution in [2.24, 2.45) is 23.5 Å². The number of nitrogens with zero attached hydrogens (tertiary/aromatic N) is 1. The summed E-state index contributed by atoms with van der Waals surface area (Å²) in [7, 11) is 0. The van der Waals surface area contributed by atoms with E-state index in [4.69, 9.17) is 10.7 Å². The van der Waals surface area contributed by atoms with E-state index in [9.17, 15) is 9.59 Å². The largest absolute Gasteiger partial charge is 0.352 e. The molecule has 2 atom stereocenters. The molecule has 0 spiro atoms. The van der Waals surface area contributed by atoms with E-state index >= 15 is 0 Å². The molecule has 2 aromatic rings. The molecule has 0 bridgehead atoms. The van der Waals surface area contributed by atoms with Gasteiger partial charge in [0.2, 0.25) is 5.91 Å². The number of amides is 1. The maximum atomic E-state index is 13.4. The van der Waals surface area contributed by atoms with E-state index in [1.165, 1.54) is 24.8 Å². The van der Waals surface area contributed by atoms with Gasteiger partial charge >= 0.3 is 0 Å². The van der Waals surface area contributed by atoms with Gasteiger partial charge in [-0.15, -0.1) is 11.3 Å². The van der Waals surface area contributed by atoms with Gasteiger partial charge in [-0.2, -0.15) is 0 Å². The Balaban J connectivity index is 1.49. The normalized spacial score (nSPS) is 19.2. The number of rotatable bonds is 10. The summed E-state index contributed by atoms with van der Waals surface area (Å²) in [6, 6.07) is 6.42. The monoisotopic (exact) mass is 455 g/mol. The number of ketones is 1. The van der Waals surface area contributed by atoms with E-state index in [2.05, 4.69) is 37.4 Å². The van der Waals surface area contributed by atoms with Crippen molar-refractivity contribution in [1.29, 1.82) is 0 Å². The molecule has 2 aliphatic carbocycles. The maximum Gasteiger partial charge on any atom is 0.224 e. The molecule has 2 saturated carbocycles. The Morgan fingerprint density at radius 1 is 1.16 bits per heavy atom. The van der Waals surface area contributed by atoms with Gasteiger partial charge in [-0.25, -0.2) is 4.98 Å². The van der Waals surface area contributed by atoms with Crippen LogP contribution in [0.3, 0.4) is 0 Å². The van der Waals surface area contributed by atoms with Crippen molar-refractivity contribution in [2.45, 2.75) is 83.6 Å². The van der Waals surface area contributed by atoms with E-state index in [1.807, 2.05) is 0 Å². The van der Waals surface area contributed by atoms with Crippen LogP contribution in [-0.4, -0.2) is 29.3 Å². The number of carbonyl (C=O) groups is 2. The summed E-state index contributed by atoms with van der Waals surface area (Å²) in [6.07, 6.45) is 8.73. The number of nitrogens with one attached hydrogen (secondary N) is 1. The third-order valence-corrected chi connectivity index (χ3v) is 8.24. The number of thiazole rings is 1. The highest BCUT2D eigenvalue weighted by Crippen LogP contribution is 2.34. The Morgan fingerprint density at radius 3 is 2.56 bits per heavy atom. The molecule has 2 fully saturated rings. The van der Waals surface area contributed by atoms with Gasteiger partial charge in [-0.3, -0.25) is 9.59 Å². The van der Waals surface area contributed by atoms with E-state index in [0.717, 1.165) is 40.9 Å². The summed E-state index contributed by atoms with van der Waals surface area (Å²) in [5, 5.41) is 4.18. The van der Waals surface area contributed by atoms with Crippen LogP contribution in [0.1, 0.15) is 81.7 Å². The van der Waals surface area contributed by atoms with Gasteiger partial charge in [0.05, 0.1) is 21.1 Å². The zero-order valence-corrected chi connectivity index (χ0v) is 20.3. The molecule has 0 saturated heterocycles. The first-order valence-electron chi connectivity index (χ1n) is 12.4. The highest BCUT2D eigenvalue weighted by molar-refractivity contribution is 7.18. The van der Waals surface area contributed by atoms with E-state index in [0.29, 0.717) is 31.2 Å². The van der Waals surface area contributed by atoms with Crippen molar-refractivity contribution in [3.63, 3.8) is 0 Å². The van der Waals surface area contributed by atoms with Crippen molar-refractivity contribution in [1.82, 2.24) is 10.3 Å². The van der Waals surface area contributed by atoms with E-state index in [1.54, 1.807) is 11.3 Å². The highest BCUT2D eigenvalue weighted by atomic mass is 32.1. The van der Waals surface area contributed by atoms with E-state index in [-0.39, 0.29) is 29.6 Å². The number of carbonyl (C=O) groups excluding carboxylic acids is 2. The molecular formula is C26H37N3O2S. The molecule has 2 aliphatic rings. The molecule has 1 heterocycles. The second-order valence-corrected chi connectivity index (χ2v) is 11.2. The average Bonchev–Trinajstić information content (AvgIpc) is 3.57. The van der Waals surface area contributed by atoms with Gasteiger partial charge in [0, 0.05) is 31.3 Å². The van der Waals surface area contributed by atoms with Gasteiger partial charge in [0.25, 0.3) is 0 Å².